The summed E-state index contributed by atoms with van der Waals surface area (Å²) in [4.78, 5) is 32.7. The Morgan fingerprint density at radius 2 is 1.82 bits per heavy atom. The van der Waals surface area contributed by atoms with Gasteiger partial charge in [-0.1, -0.05) is 30.3 Å². The summed E-state index contributed by atoms with van der Waals surface area (Å²) >= 11 is 0. The molecule has 0 radical (unpaired) electrons. The summed E-state index contributed by atoms with van der Waals surface area (Å²) in [5.74, 6) is 0.913. The summed E-state index contributed by atoms with van der Waals surface area (Å²) in [6, 6.07) is 16.9. The van der Waals surface area contributed by atoms with Gasteiger partial charge in [-0.2, -0.15) is 5.10 Å². The highest BCUT2D eigenvalue weighted by molar-refractivity contribution is 5.92. The average Bonchev–Trinajstić information content (AvgIpc) is 3.47. The topological polar surface area (TPSA) is 115 Å². The first-order chi connectivity index (χ1) is 16.1. The molecule has 0 aliphatic heterocycles. The maximum atomic E-state index is 12.2. The fraction of sp³-hybridized carbons (Fsp3) is 0.208. The third-order valence-corrected chi connectivity index (χ3v) is 5.00. The van der Waals surface area contributed by atoms with Gasteiger partial charge in [0.15, 0.2) is 0 Å². The van der Waals surface area contributed by atoms with Crippen LogP contribution in [0.25, 0.3) is 11.5 Å². The van der Waals surface area contributed by atoms with Crippen molar-refractivity contribution in [1.82, 2.24) is 25.1 Å². The minimum absolute atomic E-state index is 0.0808. The third-order valence-electron chi connectivity index (χ3n) is 5.00. The van der Waals surface area contributed by atoms with Crippen molar-refractivity contribution in [3.63, 3.8) is 0 Å². The van der Waals surface area contributed by atoms with Gasteiger partial charge in [-0.05, 0) is 36.8 Å². The number of carbonyl (C=O) groups is 2. The fourth-order valence-corrected chi connectivity index (χ4v) is 3.23. The van der Waals surface area contributed by atoms with Gasteiger partial charge >= 0.3 is 0 Å². The van der Waals surface area contributed by atoms with Crippen LogP contribution in [0.5, 0.6) is 0 Å². The Balaban J connectivity index is 1.30. The number of aromatic nitrogens is 4. The van der Waals surface area contributed by atoms with E-state index in [0.717, 1.165) is 11.1 Å². The number of oxazole rings is 1. The predicted octanol–water partition coefficient (Wildman–Crippen LogP) is 3.13. The lowest BCUT2D eigenvalue weighted by molar-refractivity contribution is -0.121. The summed E-state index contributed by atoms with van der Waals surface area (Å²) in [6.45, 7) is 2.55. The molecular weight excluding hydrogens is 420 g/mol. The first-order valence-corrected chi connectivity index (χ1v) is 10.6. The molecule has 2 amide bonds. The molecule has 2 N–H and O–H groups in total. The van der Waals surface area contributed by atoms with Gasteiger partial charge in [0.05, 0.1) is 19.5 Å². The fourth-order valence-electron chi connectivity index (χ4n) is 3.23. The number of aryl methyl sites for hydroxylation is 2. The maximum Gasteiger partial charge on any atom is 0.228 e. The first-order valence-electron chi connectivity index (χ1n) is 10.6. The van der Waals surface area contributed by atoms with Crippen LogP contribution in [0.4, 0.5) is 5.69 Å². The molecule has 0 bridgehead atoms. The molecule has 9 nitrogen and oxygen atoms in total. The SMILES string of the molecule is Cc1oc(-c2ccc(NC(=O)Cc3ccccc3)cc2)nc1CNC(=O)CCn1cncn1. The molecule has 0 unspecified atom stereocenters. The van der Waals surface area contributed by atoms with Gasteiger partial charge in [-0.15, -0.1) is 0 Å². The smallest absolute Gasteiger partial charge is 0.228 e. The molecule has 0 saturated carbocycles. The third kappa shape index (κ3) is 6.13. The van der Waals surface area contributed by atoms with Gasteiger partial charge < -0.3 is 15.1 Å². The van der Waals surface area contributed by atoms with Crippen molar-refractivity contribution in [2.24, 2.45) is 0 Å². The Morgan fingerprint density at radius 3 is 2.55 bits per heavy atom. The lowest BCUT2D eigenvalue weighted by Crippen LogP contribution is -2.24. The summed E-state index contributed by atoms with van der Waals surface area (Å²) in [5.41, 5.74) is 3.10. The van der Waals surface area contributed by atoms with E-state index in [0.29, 0.717) is 42.4 Å². The standard InChI is InChI=1S/C24H24N6O3/c1-17-21(14-26-22(31)11-12-30-16-25-15-27-30)29-24(33-17)19-7-9-20(10-8-19)28-23(32)13-18-5-3-2-4-6-18/h2-10,15-16H,11-14H2,1H3,(H,26,31)(H,28,32). The molecule has 2 heterocycles. The largest absolute Gasteiger partial charge is 0.441 e. The molecule has 0 fully saturated rings. The Morgan fingerprint density at radius 1 is 1.03 bits per heavy atom. The highest BCUT2D eigenvalue weighted by Gasteiger charge is 2.13. The van der Waals surface area contributed by atoms with Gasteiger partial charge in [0, 0.05) is 17.7 Å². The van der Waals surface area contributed by atoms with Crippen molar-refractivity contribution in [2.75, 3.05) is 5.32 Å². The van der Waals surface area contributed by atoms with E-state index in [2.05, 4.69) is 25.7 Å². The average molecular weight is 444 g/mol. The number of nitrogens with zero attached hydrogens (tertiary/aromatic N) is 4. The van der Waals surface area contributed by atoms with Crippen molar-refractivity contribution >= 4 is 17.5 Å². The number of amides is 2. The van der Waals surface area contributed by atoms with E-state index < -0.39 is 0 Å². The van der Waals surface area contributed by atoms with E-state index in [9.17, 15) is 9.59 Å². The summed E-state index contributed by atoms with van der Waals surface area (Å²) in [7, 11) is 0. The highest BCUT2D eigenvalue weighted by atomic mass is 16.4. The quantitative estimate of drug-likeness (QED) is 0.410. The van der Waals surface area contributed by atoms with Crippen LogP contribution in [-0.4, -0.2) is 31.6 Å². The second-order valence-corrected chi connectivity index (χ2v) is 7.50. The molecule has 0 saturated heterocycles. The van der Waals surface area contributed by atoms with E-state index in [1.807, 2.05) is 61.5 Å². The molecule has 4 rings (SSSR count). The van der Waals surface area contributed by atoms with E-state index in [1.165, 1.54) is 6.33 Å². The van der Waals surface area contributed by atoms with Crippen LogP contribution in [0.2, 0.25) is 0 Å². The van der Waals surface area contributed by atoms with Gasteiger partial charge in [0.25, 0.3) is 0 Å². The minimum Gasteiger partial charge on any atom is -0.441 e. The van der Waals surface area contributed by atoms with Crippen molar-refractivity contribution in [3.05, 3.63) is 84.3 Å². The number of nitrogens with one attached hydrogen (secondary N) is 2. The van der Waals surface area contributed by atoms with Crippen LogP contribution in [0.3, 0.4) is 0 Å². The van der Waals surface area contributed by atoms with Crippen LogP contribution >= 0.6 is 0 Å². The lowest BCUT2D eigenvalue weighted by Gasteiger charge is -2.06. The van der Waals surface area contributed by atoms with Crippen LogP contribution < -0.4 is 10.6 Å². The van der Waals surface area contributed by atoms with Crippen molar-refractivity contribution in [2.45, 2.75) is 32.9 Å². The Hall–Kier alpha value is -4.27. The van der Waals surface area contributed by atoms with Gasteiger partial charge in [0.2, 0.25) is 17.7 Å². The van der Waals surface area contributed by atoms with Gasteiger partial charge in [-0.25, -0.2) is 9.97 Å². The van der Waals surface area contributed by atoms with E-state index in [1.54, 1.807) is 11.0 Å². The Labute approximate surface area is 190 Å². The van der Waals surface area contributed by atoms with Crippen LogP contribution in [0.15, 0.2) is 71.7 Å². The zero-order chi connectivity index (χ0) is 23.0. The van der Waals surface area contributed by atoms with Crippen LogP contribution in [0.1, 0.15) is 23.4 Å². The van der Waals surface area contributed by atoms with Gasteiger partial charge in [-0.3, -0.25) is 14.3 Å². The molecule has 0 aliphatic carbocycles. The molecule has 0 atom stereocenters. The summed E-state index contributed by atoms with van der Waals surface area (Å²) < 4.78 is 7.38. The molecule has 2 aromatic carbocycles. The summed E-state index contributed by atoms with van der Waals surface area (Å²) in [6.07, 6.45) is 3.62. The minimum atomic E-state index is -0.106. The second kappa shape index (κ2) is 10.4. The number of rotatable bonds is 9. The molecular formula is C24H24N6O3. The normalized spacial score (nSPS) is 10.7. The number of carbonyl (C=O) groups excluding carboxylic acids is 2. The Kier molecular flexibility index (Phi) is 6.89. The first kappa shape index (κ1) is 21.9. The maximum absolute atomic E-state index is 12.2. The molecule has 4 aromatic rings. The van der Waals surface area contributed by atoms with Crippen LogP contribution in [-0.2, 0) is 29.1 Å². The monoisotopic (exact) mass is 444 g/mol. The number of hydrogen-bond acceptors (Lipinski definition) is 6. The van der Waals surface area contributed by atoms with Crippen molar-refractivity contribution < 1.29 is 14.0 Å². The molecule has 0 spiro atoms. The molecule has 0 aliphatic rings. The second-order valence-electron chi connectivity index (χ2n) is 7.50. The zero-order valence-electron chi connectivity index (χ0n) is 18.2. The van der Waals surface area contributed by atoms with Crippen molar-refractivity contribution in [3.8, 4) is 11.5 Å². The van der Waals surface area contributed by atoms with E-state index in [4.69, 9.17) is 4.42 Å². The summed E-state index contributed by atoms with van der Waals surface area (Å²) in [5, 5.41) is 9.71. The zero-order valence-corrected chi connectivity index (χ0v) is 18.2. The predicted molar refractivity (Wildman–Crippen MR) is 122 cm³/mol. The number of anilines is 1. The number of hydrogen-bond donors (Lipinski definition) is 2. The molecule has 168 valence electrons. The molecule has 33 heavy (non-hydrogen) atoms. The lowest BCUT2D eigenvalue weighted by atomic mass is 10.1. The van der Waals surface area contributed by atoms with Crippen LogP contribution in [0, 0.1) is 6.92 Å². The van der Waals surface area contributed by atoms with Gasteiger partial charge in [0.1, 0.15) is 24.1 Å². The van der Waals surface area contributed by atoms with Crippen molar-refractivity contribution in [1.29, 1.82) is 0 Å². The number of benzene rings is 2. The Bertz CT molecular complexity index is 1200. The van der Waals surface area contributed by atoms with E-state index >= 15 is 0 Å². The highest BCUT2D eigenvalue weighted by Crippen LogP contribution is 2.23. The molecule has 9 heteroatoms. The molecule has 2 aromatic heterocycles. The van der Waals surface area contributed by atoms with E-state index in [-0.39, 0.29) is 18.4 Å².